The smallest absolute Gasteiger partial charge is 0.163 e. The molecule has 0 aliphatic carbocycles. The number of aromatic nitrogens is 3. The highest BCUT2D eigenvalue weighted by atomic mass is 16.3. The molecule has 50 heavy (non-hydrogen) atoms. The van der Waals surface area contributed by atoms with Crippen LogP contribution in [-0.4, -0.2) is 15.0 Å². The minimum atomic E-state index is 0.524. The van der Waals surface area contributed by atoms with Gasteiger partial charge in [0.1, 0.15) is 17.0 Å². The first-order chi connectivity index (χ1) is 24.7. The lowest BCUT2D eigenvalue weighted by atomic mass is 9.98. The van der Waals surface area contributed by atoms with Crippen LogP contribution in [0.5, 0.6) is 0 Å². The normalized spacial score (nSPS) is 11.7. The molecule has 0 N–H and O–H groups in total. The van der Waals surface area contributed by atoms with E-state index < -0.39 is 0 Å². The molecule has 0 atom stereocenters. The predicted octanol–water partition coefficient (Wildman–Crippen LogP) is 11.8. The summed E-state index contributed by atoms with van der Waals surface area (Å²) in [5.74, 6) is 2.03. The summed E-state index contributed by atoms with van der Waals surface area (Å²) in [5, 5.41) is 9.29. The van der Waals surface area contributed by atoms with Crippen LogP contribution in [0.25, 0.3) is 88.2 Å². The Morgan fingerprint density at radius 1 is 0.380 bits per heavy atom. The molecule has 8 aromatic carbocycles. The Bertz CT molecular complexity index is 2830. The number of furan rings is 1. The first-order valence-electron chi connectivity index (χ1n) is 16.9. The van der Waals surface area contributed by atoms with Crippen LogP contribution in [0.3, 0.4) is 0 Å². The highest BCUT2D eigenvalue weighted by Gasteiger charge is 2.17. The maximum atomic E-state index is 6.41. The van der Waals surface area contributed by atoms with Crippen LogP contribution in [0.15, 0.2) is 168 Å². The SMILES string of the molecule is c1ccc2cc(-c3ccc4oc5cccc(Cc6nc(-c7ccc8ccccc8c7)nc(-c7ccc8ccccc8c7)n6)c5c4c3)ccc2c1. The number of hydrogen-bond acceptors (Lipinski definition) is 4. The fourth-order valence-electron chi connectivity index (χ4n) is 7.18. The molecule has 10 aromatic rings. The maximum Gasteiger partial charge on any atom is 0.163 e. The molecule has 0 aliphatic rings. The van der Waals surface area contributed by atoms with Crippen LogP contribution in [0.4, 0.5) is 0 Å². The number of fused-ring (bicyclic) bond motifs is 6. The average molecular weight is 640 g/mol. The van der Waals surface area contributed by atoms with Gasteiger partial charge in [0, 0.05) is 28.3 Å². The highest BCUT2D eigenvalue weighted by Crippen LogP contribution is 2.36. The van der Waals surface area contributed by atoms with Gasteiger partial charge in [0.2, 0.25) is 0 Å². The summed E-state index contributed by atoms with van der Waals surface area (Å²) in [6.45, 7) is 0. The van der Waals surface area contributed by atoms with E-state index >= 15 is 0 Å². The molecule has 0 unspecified atom stereocenters. The van der Waals surface area contributed by atoms with Gasteiger partial charge in [0.15, 0.2) is 11.6 Å². The van der Waals surface area contributed by atoms with Crippen molar-refractivity contribution in [3.63, 3.8) is 0 Å². The van der Waals surface area contributed by atoms with Crippen molar-refractivity contribution in [1.29, 1.82) is 0 Å². The summed E-state index contributed by atoms with van der Waals surface area (Å²) in [5.41, 5.74) is 7.07. The summed E-state index contributed by atoms with van der Waals surface area (Å²) >= 11 is 0. The van der Waals surface area contributed by atoms with Gasteiger partial charge in [-0.15, -0.1) is 0 Å². The molecule has 2 aromatic heterocycles. The van der Waals surface area contributed by atoms with E-state index in [1.165, 1.54) is 27.1 Å². The Labute approximate surface area is 288 Å². The molecular weight excluding hydrogens is 611 g/mol. The largest absolute Gasteiger partial charge is 0.456 e. The van der Waals surface area contributed by atoms with E-state index in [0.717, 1.165) is 55.0 Å². The molecule has 0 spiro atoms. The number of nitrogens with zero attached hydrogens (tertiary/aromatic N) is 3. The molecule has 0 saturated heterocycles. The molecule has 10 rings (SSSR count). The summed E-state index contributed by atoms with van der Waals surface area (Å²) in [4.78, 5) is 15.3. The van der Waals surface area contributed by atoms with Crippen LogP contribution in [0, 0.1) is 0 Å². The number of hydrogen-bond donors (Lipinski definition) is 0. The first kappa shape index (κ1) is 28.4. The minimum absolute atomic E-state index is 0.524. The lowest BCUT2D eigenvalue weighted by Gasteiger charge is -2.10. The fourth-order valence-corrected chi connectivity index (χ4v) is 7.18. The summed E-state index contributed by atoms with van der Waals surface area (Å²) in [6, 6.07) is 57.4. The Hall–Kier alpha value is -6.65. The van der Waals surface area contributed by atoms with Crippen molar-refractivity contribution >= 4 is 54.3 Å². The van der Waals surface area contributed by atoms with Crippen molar-refractivity contribution < 1.29 is 4.42 Å². The second-order valence-corrected chi connectivity index (χ2v) is 12.9. The van der Waals surface area contributed by atoms with Crippen LogP contribution in [0.1, 0.15) is 11.4 Å². The van der Waals surface area contributed by atoms with Crippen molar-refractivity contribution in [2.45, 2.75) is 6.42 Å². The average Bonchev–Trinajstić information content (AvgIpc) is 3.56. The topological polar surface area (TPSA) is 51.8 Å². The second kappa shape index (κ2) is 11.5. The third-order valence-electron chi connectivity index (χ3n) is 9.71. The molecular formula is C46H29N3O. The van der Waals surface area contributed by atoms with Crippen molar-refractivity contribution in [3.8, 4) is 33.9 Å². The third-order valence-corrected chi connectivity index (χ3v) is 9.71. The Kier molecular flexibility index (Phi) is 6.53. The summed E-state index contributed by atoms with van der Waals surface area (Å²) < 4.78 is 6.41. The molecule has 0 amide bonds. The molecule has 2 heterocycles. The molecule has 234 valence electrons. The second-order valence-electron chi connectivity index (χ2n) is 12.9. The maximum absolute atomic E-state index is 6.41. The van der Waals surface area contributed by atoms with Crippen molar-refractivity contribution in [1.82, 2.24) is 15.0 Å². The Balaban J connectivity index is 1.12. The van der Waals surface area contributed by atoms with Crippen LogP contribution < -0.4 is 0 Å². The molecule has 0 aliphatic heterocycles. The molecule has 0 radical (unpaired) electrons. The third kappa shape index (κ3) is 4.97. The van der Waals surface area contributed by atoms with Crippen LogP contribution >= 0.6 is 0 Å². The molecule has 0 bridgehead atoms. The summed E-state index contributed by atoms with van der Waals surface area (Å²) in [7, 11) is 0. The van der Waals surface area contributed by atoms with Crippen LogP contribution in [-0.2, 0) is 6.42 Å². The minimum Gasteiger partial charge on any atom is -0.456 e. The molecule has 0 saturated carbocycles. The highest BCUT2D eigenvalue weighted by molar-refractivity contribution is 6.08. The zero-order valence-electron chi connectivity index (χ0n) is 27.0. The zero-order chi connectivity index (χ0) is 33.0. The van der Waals surface area contributed by atoms with Crippen molar-refractivity contribution in [2.24, 2.45) is 0 Å². The van der Waals surface area contributed by atoms with Crippen LogP contribution in [0.2, 0.25) is 0 Å². The van der Waals surface area contributed by atoms with E-state index in [4.69, 9.17) is 19.4 Å². The van der Waals surface area contributed by atoms with E-state index in [1.807, 2.05) is 6.07 Å². The van der Waals surface area contributed by atoms with Gasteiger partial charge < -0.3 is 4.42 Å². The quantitative estimate of drug-likeness (QED) is 0.188. The van der Waals surface area contributed by atoms with Gasteiger partial charge in [0.05, 0.1) is 0 Å². The lowest BCUT2D eigenvalue weighted by molar-refractivity contribution is 0.668. The van der Waals surface area contributed by atoms with Crippen molar-refractivity contribution in [2.75, 3.05) is 0 Å². The lowest BCUT2D eigenvalue weighted by Crippen LogP contribution is -2.04. The Morgan fingerprint density at radius 2 is 0.880 bits per heavy atom. The monoisotopic (exact) mass is 639 g/mol. The number of benzene rings is 8. The van der Waals surface area contributed by atoms with Crippen molar-refractivity contribution in [3.05, 3.63) is 175 Å². The van der Waals surface area contributed by atoms with E-state index in [-0.39, 0.29) is 0 Å². The Morgan fingerprint density at radius 3 is 1.48 bits per heavy atom. The van der Waals surface area contributed by atoms with E-state index in [2.05, 4.69) is 158 Å². The van der Waals surface area contributed by atoms with E-state index in [0.29, 0.717) is 23.9 Å². The van der Waals surface area contributed by atoms with E-state index in [1.54, 1.807) is 0 Å². The molecule has 4 nitrogen and oxygen atoms in total. The standard InChI is InChI=1S/C46H29N3O/c1-4-11-32-24-35(19-16-29(32)8-1)36-22-23-41-40(27-36)44-37(14-7-15-42(44)50-41)28-43-47-45(38-20-17-30-9-2-5-12-33(30)25-38)49-46(48-43)39-21-18-31-10-3-6-13-34(31)26-39/h1-27H,28H2. The summed E-state index contributed by atoms with van der Waals surface area (Å²) in [6.07, 6.45) is 0.524. The predicted molar refractivity (Wildman–Crippen MR) is 205 cm³/mol. The zero-order valence-corrected chi connectivity index (χ0v) is 27.0. The van der Waals surface area contributed by atoms with Gasteiger partial charge in [0.25, 0.3) is 0 Å². The molecule has 0 fully saturated rings. The van der Waals surface area contributed by atoms with Gasteiger partial charge in [-0.25, -0.2) is 15.0 Å². The fraction of sp³-hybridized carbons (Fsp3) is 0.0217. The van der Waals surface area contributed by atoms with Gasteiger partial charge in [-0.1, -0.05) is 127 Å². The van der Waals surface area contributed by atoms with E-state index in [9.17, 15) is 0 Å². The first-order valence-corrected chi connectivity index (χ1v) is 16.9. The number of rotatable bonds is 5. The van der Waals surface area contributed by atoms with Gasteiger partial charge >= 0.3 is 0 Å². The van der Waals surface area contributed by atoms with Gasteiger partial charge in [-0.3, -0.25) is 0 Å². The van der Waals surface area contributed by atoms with Gasteiger partial charge in [-0.05, 0) is 85.4 Å². The molecule has 4 heteroatoms. The van der Waals surface area contributed by atoms with Gasteiger partial charge in [-0.2, -0.15) is 0 Å².